The van der Waals surface area contributed by atoms with Crippen LogP contribution in [0.15, 0.2) is 17.1 Å². The van der Waals surface area contributed by atoms with Crippen molar-refractivity contribution < 1.29 is 4.79 Å². The van der Waals surface area contributed by atoms with E-state index in [1.165, 1.54) is 10.9 Å². The van der Waals surface area contributed by atoms with Crippen molar-refractivity contribution in [2.45, 2.75) is 51.5 Å². The zero-order valence-electron chi connectivity index (χ0n) is 13.9. The molecule has 0 aromatic carbocycles. The molecule has 2 heterocycles. The number of aryl methyl sites for hydroxylation is 1. The lowest BCUT2D eigenvalue weighted by Gasteiger charge is -2.33. The quantitative estimate of drug-likeness (QED) is 0.869. The molecule has 2 aromatic heterocycles. The monoisotopic (exact) mass is 326 g/mol. The van der Waals surface area contributed by atoms with Crippen molar-refractivity contribution in [3.05, 3.63) is 33.9 Å². The van der Waals surface area contributed by atoms with Crippen molar-refractivity contribution in [1.82, 2.24) is 19.5 Å². The zero-order chi connectivity index (χ0) is 17.1. The fraction of sp³-hybridized carbons (Fsp3) is 0.500. The summed E-state index contributed by atoms with van der Waals surface area (Å²) in [6.07, 6.45) is 12.6. The Hall–Kier alpha value is -2.55. The first kappa shape index (κ1) is 16.3. The van der Waals surface area contributed by atoms with Gasteiger partial charge >= 0.3 is 0 Å². The number of amides is 1. The number of nitrogens with one attached hydrogen (secondary N) is 1. The van der Waals surface area contributed by atoms with Gasteiger partial charge in [-0.1, -0.05) is 25.2 Å². The highest BCUT2D eigenvalue weighted by Crippen LogP contribution is 2.23. The van der Waals surface area contributed by atoms with Crippen LogP contribution in [0.2, 0.25) is 0 Å². The maximum absolute atomic E-state index is 12.8. The van der Waals surface area contributed by atoms with E-state index >= 15 is 0 Å². The number of hydrogen-bond donors (Lipinski definition) is 1. The van der Waals surface area contributed by atoms with Crippen LogP contribution in [-0.4, -0.2) is 38.0 Å². The molecule has 0 radical (unpaired) electrons. The first-order valence-electron chi connectivity index (χ1n) is 8.40. The second-order valence-corrected chi connectivity index (χ2v) is 6.33. The van der Waals surface area contributed by atoms with Crippen molar-refractivity contribution in [2.24, 2.45) is 0 Å². The molecular formula is C18H22N4O2. The number of aromatic nitrogens is 3. The van der Waals surface area contributed by atoms with Gasteiger partial charge in [0, 0.05) is 29.6 Å². The van der Waals surface area contributed by atoms with Crippen molar-refractivity contribution in [2.75, 3.05) is 6.54 Å². The normalized spacial score (nSPS) is 15.3. The van der Waals surface area contributed by atoms with Crippen molar-refractivity contribution in [1.29, 1.82) is 0 Å². The number of fused-ring (bicyclic) bond motifs is 1. The molecule has 1 aliphatic rings. The Morgan fingerprint density at radius 2 is 2.21 bits per heavy atom. The summed E-state index contributed by atoms with van der Waals surface area (Å²) in [7, 11) is 0. The minimum atomic E-state index is -0.222. The number of carbonyl (C=O) groups excluding carboxylic acids is 1. The lowest BCUT2D eigenvalue weighted by molar-refractivity contribution is -0.132. The standard InChI is InChI=1S/C18H22N4O2/c1-3-11-21(14-7-5-4-6-8-14)17(23)12-15-13(2)20-16-9-10-19-22(16)18(15)24/h1,9-10,14,19H,4-8,11-12H2,2H3. The molecule has 0 atom stereocenters. The number of nitrogens with zero attached hydrogens (tertiary/aromatic N) is 3. The predicted octanol–water partition coefficient (Wildman–Crippen LogP) is 1.67. The van der Waals surface area contributed by atoms with E-state index < -0.39 is 0 Å². The van der Waals surface area contributed by atoms with Crippen LogP contribution in [0.4, 0.5) is 0 Å². The minimum Gasteiger partial charge on any atom is -0.328 e. The summed E-state index contributed by atoms with van der Waals surface area (Å²) in [5.41, 5.74) is 1.36. The molecule has 1 aliphatic carbocycles. The summed E-state index contributed by atoms with van der Waals surface area (Å²) < 4.78 is 1.36. The SMILES string of the molecule is C#CCN(C(=O)Cc1c(C)nc2cc[nH]n2c1=O)C1CCCCC1. The van der Waals surface area contributed by atoms with Crippen LogP contribution in [0, 0.1) is 19.3 Å². The van der Waals surface area contributed by atoms with Crippen LogP contribution in [0.3, 0.4) is 0 Å². The third-order valence-corrected chi connectivity index (χ3v) is 4.77. The number of hydrogen-bond acceptors (Lipinski definition) is 3. The molecule has 1 amide bonds. The van der Waals surface area contributed by atoms with Gasteiger partial charge in [0.25, 0.3) is 5.56 Å². The summed E-state index contributed by atoms with van der Waals surface area (Å²) in [6, 6.07) is 1.92. The highest BCUT2D eigenvalue weighted by molar-refractivity contribution is 5.79. The van der Waals surface area contributed by atoms with E-state index in [0.29, 0.717) is 23.4 Å². The van der Waals surface area contributed by atoms with E-state index in [0.717, 1.165) is 25.7 Å². The molecule has 2 aromatic rings. The number of rotatable bonds is 4. The van der Waals surface area contributed by atoms with Crippen LogP contribution >= 0.6 is 0 Å². The van der Waals surface area contributed by atoms with Crippen LogP contribution in [0.1, 0.15) is 43.4 Å². The third kappa shape index (κ3) is 3.07. The van der Waals surface area contributed by atoms with Gasteiger partial charge in [0.2, 0.25) is 5.91 Å². The Morgan fingerprint density at radius 3 is 2.92 bits per heavy atom. The zero-order valence-corrected chi connectivity index (χ0v) is 13.9. The molecule has 0 unspecified atom stereocenters. The van der Waals surface area contributed by atoms with E-state index in [-0.39, 0.29) is 23.9 Å². The molecule has 126 valence electrons. The van der Waals surface area contributed by atoms with Gasteiger partial charge in [-0.2, -0.15) is 0 Å². The van der Waals surface area contributed by atoms with Gasteiger partial charge in [-0.3, -0.25) is 14.7 Å². The second kappa shape index (κ2) is 6.91. The topological polar surface area (TPSA) is 70.5 Å². The van der Waals surface area contributed by atoms with Crippen LogP contribution < -0.4 is 5.56 Å². The molecule has 0 saturated heterocycles. The fourth-order valence-electron chi connectivity index (χ4n) is 3.47. The Kier molecular flexibility index (Phi) is 4.70. The maximum Gasteiger partial charge on any atom is 0.276 e. The molecule has 0 bridgehead atoms. The van der Waals surface area contributed by atoms with Crippen molar-refractivity contribution in [3.8, 4) is 12.3 Å². The van der Waals surface area contributed by atoms with Gasteiger partial charge in [-0.05, 0) is 19.8 Å². The molecular weight excluding hydrogens is 304 g/mol. The number of aromatic amines is 1. The molecule has 1 saturated carbocycles. The molecule has 3 rings (SSSR count). The molecule has 6 heteroatoms. The third-order valence-electron chi connectivity index (χ3n) is 4.77. The van der Waals surface area contributed by atoms with E-state index in [9.17, 15) is 9.59 Å². The highest BCUT2D eigenvalue weighted by atomic mass is 16.2. The maximum atomic E-state index is 12.8. The lowest BCUT2D eigenvalue weighted by atomic mass is 9.93. The Labute approximate surface area is 140 Å². The van der Waals surface area contributed by atoms with Crippen LogP contribution in [-0.2, 0) is 11.2 Å². The molecule has 1 N–H and O–H groups in total. The minimum absolute atomic E-state index is 0.0395. The van der Waals surface area contributed by atoms with Crippen LogP contribution in [0.5, 0.6) is 0 Å². The van der Waals surface area contributed by atoms with E-state index in [1.807, 2.05) is 0 Å². The number of H-pyrrole nitrogens is 1. The molecule has 24 heavy (non-hydrogen) atoms. The van der Waals surface area contributed by atoms with E-state index in [2.05, 4.69) is 16.0 Å². The van der Waals surface area contributed by atoms with E-state index in [4.69, 9.17) is 6.42 Å². The number of carbonyl (C=O) groups is 1. The second-order valence-electron chi connectivity index (χ2n) is 6.33. The average molecular weight is 326 g/mol. The van der Waals surface area contributed by atoms with Gasteiger partial charge in [0.05, 0.1) is 13.0 Å². The highest BCUT2D eigenvalue weighted by Gasteiger charge is 2.26. The average Bonchev–Trinajstić information content (AvgIpc) is 3.05. The predicted molar refractivity (Wildman–Crippen MR) is 91.7 cm³/mol. The molecule has 1 fully saturated rings. The van der Waals surface area contributed by atoms with Crippen LogP contribution in [0.25, 0.3) is 5.65 Å². The summed E-state index contributed by atoms with van der Waals surface area (Å²) in [5.74, 6) is 2.50. The van der Waals surface area contributed by atoms with Crippen molar-refractivity contribution in [3.63, 3.8) is 0 Å². The Balaban J connectivity index is 1.87. The molecule has 0 aliphatic heterocycles. The smallest absolute Gasteiger partial charge is 0.276 e. The molecule has 6 nitrogen and oxygen atoms in total. The largest absolute Gasteiger partial charge is 0.328 e. The van der Waals surface area contributed by atoms with Gasteiger partial charge in [-0.15, -0.1) is 6.42 Å². The molecule has 0 spiro atoms. The van der Waals surface area contributed by atoms with Gasteiger partial charge in [0.15, 0.2) is 5.65 Å². The fourth-order valence-corrected chi connectivity index (χ4v) is 3.47. The van der Waals surface area contributed by atoms with Crippen molar-refractivity contribution >= 4 is 11.6 Å². The Bertz CT molecular complexity index is 837. The Morgan fingerprint density at radius 1 is 1.46 bits per heavy atom. The summed E-state index contributed by atoms with van der Waals surface area (Å²) in [5, 5.41) is 2.83. The first-order chi connectivity index (χ1) is 11.6. The number of terminal acetylenes is 1. The van der Waals surface area contributed by atoms with Gasteiger partial charge < -0.3 is 4.90 Å². The summed E-state index contributed by atoms with van der Waals surface area (Å²) in [4.78, 5) is 31.6. The van der Waals surface area contributed by atoms with E-state index in [1.54, 1.807) is 24.1 Å². The van der Waals surface area contributed by atoms with Gasteiger partial charge in [0.1, 0.15) is 0 Å². The summed E-state index contributed by atoms with van der Waals surface area (Å²) >= 11 is 0. The lowest BCUT2D eigenvalue weighted by Crippen LogP contribution is -2.43. The first-order valence-corrected chi connectivity index (χ1v) is 8.40. The van der Waals surface area contributed by atoms with Gasteiger partial charge in [-0.25, -0.2) is 9.50 Å². The summed E-state index contributed by atoms with van der Waals surface area (Å²) in [6.45, 7) is 2.06.